The molecule has 3 heterocycles. The number of anilines is 1. The quantitative estimate of drug-likeness (QED) is 0.105. The molecule has 0 radical (unpaired) electrons. The van der Waals surface area contributed by atoms with Crippen molar-refractivity contribution >= 4 is 58.9 Å². The van der Waals surface area contributed by atoms with Crippen LogP contribution in [0.15, 0.2) is 115 Å². The van der Waals surface area contributed by atoms with Gasteiger partial charge in [-0.1, -0.05) is 98.8 Å². The second kappa shape index (κ2) is 32.4. The number of aliphatic hydroxyl groups excluding tert-OH is 1. The first-order valence-electron chi connectivity index (χ1n) is 31.1. The van der Waals surface area contributed by atoms with Crippen LogP contribution in [0.2, 0.25) is 0 Å². The normalized spacial score (nSPS) is 24.3. The molecule has 0 aliphatic carbocycles. The molecule has 2 fully saturated rings. The molecule has 7 rings (SSSR count). The minimum atomic E-state index is -1.50. The molecular weight excluding hydrogens is 1150 g/mol. The van der Waals surface area contributed by atoms with E-state index in [1.165, 1.54) is 59.8 Å². The van der Waals surface area contributed by atoms with Crippen molar-refractivity contribution in [1.29, 1.82) is 0 Å². The number of nitrogens with zero attached hydrogens (tertiary/aromatic N) is 5. The summed E-state index contributed by atoms with van der Waals surface area (Å²) in [6.45, 7) is 6.98. The molecule has 0 spiro atoms. The maximum absolute atomic E-state index is 15.1. The molecule has 3 aliphatic heterocycles. The average Bonchev–Trinajstić information content (AvgIpc) is 1.52. The van der Waals surface area contributed by atoms with Gasteiger partial charge in [-0.2, -0.15) is 0 Å². The van der Waals surface area contributed by atoms with E-state index in [0.29, 0.717) is 73.4 Å². The molecular formula is C69H89N7O14. The minimum Gasteiger partial charge on any atom is -0.493 e. The summed E-state index contributed by atoms with van der Waals surface area (Å²) < 4.78 is 22.9. The summed E-state index contributed by atoms with van der Waals surface area (Å²) in [5.41, 5.74) is 1.42. The van der Waals surface area contributed by atoms with Crippen LogP contribution >= 0.6 is 0 Å². The number of rotatable bonds is 10. The predicted octanol–water partition coefficient (Wildman–Crippen LogP) is 7.16. The number of ketones is 1. The number of Topliss-reactive ketones (excluding diaryl/α,β-unsaturated/α-hetero) is 1. The second-order valence-corrected chi connectivity index (χ2v) is 24.6. The Bertz CT molecular complexity index is 3190. The molecule has 0 aromatic heterocycles. The molecule has 2 saturated heterocycles. The van der Waals surface area contributed by atoms with Crippen LogP contribution in [0, 0.1) is 11.3 Å². The molecule has 4 aromatic carbocycles. The second-order valence-electron chi connectivity index (χ2n) is 24.6. The van der Waals surface area contributed by atoms with E-state index < -0.39 is 95.9 Å². The summed E-state index contributed by atoms with van der Waals surface area (Å²) >= 11 is 0. The Labute approximate surface area is 528 Å². The average molecular weight is 1240 g/mol. The smallest absolute Gasteiger partial charge is 0.330 e. The standard InChI is InChI=1S/C69H89N7O14/c1-45(2)40-53-63(81)72(5)37-18-17-30-60(79)89-44-69(3,4)62(80)67(85)76-38-19-16-28-52(76)68(86)90-55(33-31-47-32-34-56(87-8)57(42-47)88-9)49-26-20-27-50(43-49)70-58(77)35-36-59(78)71-61(48-24-14-11-15-25-48)66(84)74(7)54(41-46-22-12-10-13-23-46)65(83)75-39-21-29-51(75)64(82)73(53)6/h10-15,17,20,22-27,30,32,34,42-43,45,51-55,61,65,83H,16,18-19,21,28-29,31,33,35-41,44H2,1-9H3,(H,70,77)(H,71,78)/b30-17+/t51-,52?,53+,54+,55-,61+,65?/m1/s1. The molecule has 6 amide bonds. The highest BCUT2D eigenvalue weighted by Gasteiger charge is 2.45. The number of hydrogen-bond acceptors (Lipinski definition) is 15. The van der Waals surface area contributed by atoms with Crippen molar-refractivity contribution in [2.45, 2.75) is 147 Å². The number of carbonyl (C=O) groups is 9. The summed E-state index contributed by atoms with van der Waals surface area (Å²) in [7, 11) is 7.81. The fraction of sp³-hybridized carbons (Fsp3) is 0.493. The van der Waals surface area contributed by atoms with E-state index >= 15 is 4.79 Å². The predicted molar refractivity (Wildman–Crippen MR) is 337 cm³/mol. The van der Waals surface area contributed by atoms with Crippen molar-refractivity contribution in [3.8, 4) is 11.5 Å². The number of ether oxygens (including phenoxy) is 4. The topological polar surface area (TPSA) is 251 Å². The Kier molecular flexibility index (Phi) is 24.8. The zero-order valence-corrected chi connectivity index (χ0v) is 53.4. The van der Waals surface area contributed by atoms with Gasteiger partial charge in [0.2, 0.25) is 35.3 Å². The molecule has 90 heavy (non-hydrogen) atoms. The summed E-state index contributed by atoms with van der Waals surface area (Å²) in [4.78, 5) is 135. The zero-order chi connectivity index (χ0) is 65.2. The van der Waals surface area contributed by atoms with Gasteiger partial charge >= 0.3 is 11.9 Å². The van der Waals surface area contributed by atoms with Gasteiger partial charge in [0.05, 0.1) is 31.7 Å². The van der Waals surface area contributed by atoms with Crippen molar-refractivity contribution in [2.24, 2.45) is 11.3 Å². The molecule has 7 atom stereocenters. The first-order valence-corrected chi connectivity index (χ1v) is 31.1. The lowest BCUT2D eigenvalue weighted by molar-refractivity contribution is -0.165. The highest BCUT2D eigenvalue weighted by Crippen LogP contribution is 2.34. The number of piperidine rings is 1. The summed E-state index contributed by atoms with van der Waals surface area (Å²) in [5.74, 6) is -4.70. The van der Waals surface area contributed by atoms with Gasteiger partial charge < -0.3 is 54.3 Å². The van der Waals surface area contributed by atoms with Gasteiger partial charge in [0.25, 0.3) is 5.91 Å². The number of cyclic esters (lactones) is 2. The van der Waals surface area contributed by atoms with E-state index in [4.69, 9.17) is 18.9 Å². The van der Waals surface area contributed by atoms with E-state index in [2.05, 4.69) is 10.6 Å². The molecule has 2 bridgehead atoms. The van der Waals surface area contributed by atoms with Gasteiger partial charge in [-0.15, -0.1) is 0 Å². The molecule has 3 N–H and O–H groups in total. The number of nitrogens with one attached hydrogen (secondary N) is 2. The molecule has 21 heteroatoms. The highest BCUT2D eigenvalue weighted by atomic mass is 16.5. The zero-order valence-electron chi connectivity index (χ0n) is 53.4. The number of esters is 2. The van der Waals surface area contributed by atoms with E-state index in [9.17, 15) is 43.5 Å². The van der Waals surface area contributed by atoms with Crippen molar-refractivity contribution < 1.29 is 67.2 Å². The van der Waals surface area contributed by atoms with Crippen molar-refractivity contribution in [1.82, 2.24) is 29.8 Å². The van der Waals surface area contributed by atoms with Crippen LogP contribution in [0.25, 0.3) is 0 Å². The number of aliphatic hydroxyl groups is 1. The molecule has 3 aliphatic rings. The van der Waals surface area contributed by atoms with Gasteiger partial charge in [-0.25, -0.2) is 9.59 Å². The Morgan fingerprint density at radius 1 is 0.689 bits per heavy atom. The van der Waals surface area contributed by atoms with Crippen molar-refractivity contribution in [2.75, 3.05) is 66.9 Å². The molecule has 2 unspecified atom stereocenters. The summed E-state index contributed by atoms with van der Waals surface area (Å²) in [6.07, 6.45) is 3.30. The fourth-order valence-electron chi connectivity index (χ4n) is 11.8. The Balaban J connectivity index is 1.20. The fourth-order valence-corrected chi connectivity index (χ4v) is 11.8. The van der Waals surface area contributed by atoms with Gasteiger partial charge in [0.1, 0.15) is 37.1 Å². The SMILES string of the molecule is COc1ccc(CC[C@H]2OC(=O)C3CCCCN3C(=O)C(=O)C(C)(C)COC(=O)/C=C/CCN(C)C(=O)[C@H](CC(C)C)N(C)C(=O)[C@H]3CCCN3C(O)[C@H](Cc3ccccc3)N(C)C(=O)[C@H](c3ccccc3)NC(=O)CCC(=O)Nc3cccc2c3)cc1OC. The van der Waals surface area contributed by atoms with Crippen LogP contribution in [0.1, 0.15) is 126 Å². The number of likely N-dealkylation sites (N-methyl/N-ethyl adjacent to an activating group) is 3. The first kappa shape index (κ1) is 69.1. The van der Waals surface area contributed by atoms with Gasteiger partial charge in [-0.05, 0) is 130 Å². The largest absolute Gasteiger partial charge is 0.493 e. The van der Waals surface area contributed by atoms with E-state index in [1.807, 2.05) is 56.3 Å². The molecule has 0 saturated carbocycles. The van der Waals surface area contributed by atoms with Crippen LogP contribution in [0.4, 0.5) is 5.69 Å². The number of methoxy groups -OCH3 is 2. The lowest BCUT2D eigenvalue weighted by Crippen LogP contribution is -2.60. The van der Waals surface area contributed by atoms with Gasteiger partial charge in [-0.3, -0.25) is 38.5 Å². The lowest BCUT2D eigenvalue weighted by Gasteiger charge is -2.41. The molecule has 21 nitrogen and oxygen atoms in total. The van der Waals surface area contributed by atoms with E-state index in [1.54, 1.807) is 86.7 Å². The third-order valence-corrected chi connectivity index (χ3v) is 17.1. The Morgan fingerprint density at radius 3 is 2.07 bits per heavy atom. The maximum atomic E-state index is 15.1. The first-order chi connectivity index (χ1) is 43.0. The van der Waals surface area contributed by atoms with Crippen LogP contribution in [0.5, 0.6) is 11.5 Å². The van der Waals surface area contributed by atoms with Gasteiger partial charge in [0, 0.05) is 65.4 Å². The number of amides is 6. The summed E-state index contributed by atoms with van der Waals surface area (Å²) in [6, 6.07) is 25.0. The highest BCUT2D eigenvalue weighted by molar-refractivity contribution is 6.38. The van der Waals surface area contributed by atoms with Crippen LogP contribution in [-0.2, 0) is 65.5 Å². The van der Waals surface area contributed by atoms with Gasteiger partial charge in [0.15, 0.2) is 11.5 Å². The van der Waals surface area contributed by atoms with E-state index in [0.717, 1.165) is 11.1 Å². The van der Waals surface area contributed by atoms with Crippen LogP contribution in [0.3, 0.4) is 0 Å². The Hall–Kier alpha value is -8.43. The number of benzene rings is 4. The number of hydrogen-bond donors (Lipinski definition) is 3. The van der Waals surface area contributed by atoms with E-state index in [-0.39, 0.29) is 69.3 Å². The Morgan fingerprint density at radius 2 is 1.37 bits per heavy atom. The third kappa shape index (κ3) is 18.1. The molecule has 484 valence electrons. The van der Waals surface area contributed by atoms with Crippen molar-refractivity contribution in [3.63, 3.8) is 0 Å². The maximum Gasteiger partial charge on any atom is 0.330 e. The number of aryl methyl sites for hydroxylation is 1. The van der Waals surface area contributed by atoms with Crippen molar-refractivity contribution in [3.05, 3.63) is 138 Å². The number of carbonyl (C=O) groups excluding carboxylic acids is 9. The summed E-state index contributed by atoms with van der Waals surface area (Å²) in [5, 5.41) is 18.4. The number of fused-ring (bicyclic) bond motifs is 4. The lowest BCUT2D eigenvalue weighted by atomic mass is 9.87. The monoisotopic (exact) mass is 1240 g/mol. The van der Waals surface area contributed by atoms with Crippen LogP contribution in [-0.4, -0.2) is 175 Å². The third-order valence-electron chi connectivity index (χ3n) is 17.1. The minimum absolute atomic E-state index is 0.00896. The van der Waals surface area contributed by atoms with Crippen LogP contribution < -0.4 is 20.1 Å². The molecule has 4 aromatic rings.